The molecule has 0 saturated carbocycles. The molecule has 2 aromatic rings. The van der Waals surface area contributed by atoms with Gasteiger partial charge in [-0.15, -0.1) is 0 Å². The number of hydrogen-bond donors (Lipinski definition) is 1. The second-order valence-electron chi connectivity index (χ2n) is 5.97. The Balaban J connectivity index is 1.76. The fourth-order valence-electron chi connectivity index (χ4n) is 2.76. The van der Waals surface area contributed by atoms with Crippen LogP contribution >= 0.6 is 0 Å². The fourth-order valence-corrected chi connectivity index (χ4v) is 2.76. The van der Waals surface area contributed by atoms with Gasteiger partial charge in [-0.3, -0.25) is 0 Å². The van der Waals surface area contributed by atoms with Gasteiger partial charge in [-0.05, 0) is 24.3 Å². The van der Waals surface area contributed by atoms with Crippen molar-refractivity contribution in [1.82, 2.24) is 0 Å². The number of benzene rings is 2. The van der Waals surface area contributed by atoms with E-state index in [-0.39, 0.29) is 6.61 Å². The normalized spacial score (nSPS) is 24.8. The maximum absolute atomic E-state index is 12.4. The minimum atomic E-state index is -1.31. The molecule has 1 saturated heterocycles. The van der Waals surface area contributed by atoms with E-state index < -0.39 is 36.5 Å². The molecule has 4 atom stereocenters. The van der Waals surface area contributed by atoms with Crippen molar-refractivity contribution in [2.45, 2.75) is 24.6 Å². The van der Waals surface area contributed by atoms with Gasteiger partial charge in [-0.2, -0.15) is 0 Å². The van der Waals surface area contributed by atoms with Gasteiger partial charge in [-0.25, -0.2) is 9.59 Å². The number of carbonyl (C=O) groups excluding carboxylic acids is 2. The van der Waals surface area contributed by atoms with E-state index in [2.05, 4.69) is 0 Å². The third-order valence-corrected chi connectivity index (χ3v) is 4.16. The third kappa shape index (κ3) is 4.51. The topological polar surface area (TPSA) is 91.3 Å². The molecule has 7 heteroatoms. The first-order valence-corrected chi connectivity index (χ1v) is 8.44. The second-order valence-corrected chi connectivity index (χ2v) is 5.97. The van der Waals surface area contributed by atoms with E-state index in [9.17, 15) is 14.7 Å². The molecular weight excluding hydrogens is 352 g/mol. The highest BCUT2D eigenvalue weighted by atomic mass is 16.7. The van der Waals surface area contributed by atoms with Crippen molar-refractivity contribution >= 4 is 11.9 Å². The first-order chi connectivity index (χ1) is 13.1. The second kappa shape index (κ2) is 8.77. The van der Waals surface area contributed by atoms with Crippen LogP contribution in [0.2, 0.25) is 0 Å². The predicted molar refractivity (Wildman–Crippen MR) is 94.0 cm³/mol. The van der Waals surface area contributed by atoms with Gasteiger partial charge in [0.1, 0.15) is 6.10 Å². The summed E-state index contributed by atoms with van der Waals surface area (Å²) >= 11 is 0. The zero-order chi connectivity index (χ0) is 19.2. The van der Waals surface area contributed by atoms with E-state index in [4.69, 9.17) is 18.9 Å². The Bertz CT molecular complexity index is 762. The van der Waals surface area contributed by atoms with Crippen molar-refractivity contribution < 1.29 is 33.6 Å². The van der Waals surface area contributed by atoms with Crippen LogP contribution in [0.5, 0.6) is 0 Å². The molecule has 0 unspecified atom stereocenters. The molecule has 0 spiro atoms. The van der Waals surface area contributed by atoms with E-state index in [1.165, 1.54) is 7.11 Å². The van der Waals surface area contributed by atoms with Crippen molar-refractivity contribution in [1.29, 1.82) is 0 Å². The number of rotatable bonds is 5. The van der Waals surface area contributed by atoms with Crippen LogP contribution in [0.15, 0.2) is 60.7 Å². The Labute approximate surface area is 156 Å². The summed E-state index contributed by atoms with van der Waals surface area (Å²) in [7, 11) is 1.36. The Kier molecular flexibility index (Phi) is 6.18. The van der Waals surface area contributed by atoms with Gasteiger partial charge in [0, 0.05) is 7.11 Å². The minimum absolute atomic E-state index is 0.0825. The van der Waals surface area contributed by atoms with Crippen LogP contribution < -0.4 is 0 Å². The van der Waals surface area contributed by atoms with Gasteiger partial charge in [0.05, 0.1) is 17.7 Å². The minimum Gasteiger partial charge on any atom is -0.452 e. The molecular formula is C20H20O7. The average Bonchev–Trinajstić information content (AvgIpc) is 2.72. The molecule has 1 aliphatic rings. The molecule has 7 nitrogen and oxygen atoms in total. The molecule has 27 heavy (non-hydrogen) atoms. The van der Waals surface area contributed by atoms with Gasteiger partial charge in [0.2, 0.25) is 0 Å². The zero-order valence-corrected chi connectivity index (χ0v) is 14.7. The molecule has 1 fully saturated rings. The zero-order valence-electron chi connectivity index (χ0n) is 14.7. The Morgan fingerprint density at radius 2 is 1.44 bits per heavy atom. The number of carbonyl (C=O) groups is 2. The monoisotopic (exact) mass is 372 g/mol. The average molecular weight is 372 g/mol. The summed E-state index contributed by atoms with van der Waals surface area (Å²) in [4.78, 5) is 24.7. The molecule has 0 aliphatic carbocycles. The van der Waals surface area contributed by atoms with Gasteiger partial charge in [0.15, 0.2) is 18.5 Å². The first kappa shape index (κ1) is 19.0. The Morgan fingerprint density at radius 3 is 1.96 bits per heavy atom. The highest BCUT2D eigenvalue weighted by molar-refractivity contribution is 5.90. The van der Waals surface area contributed by atoms with Gasteiger partial charge >= 0.3 is 11.9 Å². The van der Waals surface area contributed by atoms with E-state index in [0.717, 1.165) is 0 Å². The number of ether oxygens (including phenoxy) is 4. The van der Waals surface area contributed by atoms with Crippen LogP contribution in [0.25, 0.3) is 0 Å². The maximum atomic E-state index is 12.4. The van der Waals surface area contributed by atoms with Crippen molar-refractivity contribution in [3.63, 3.8) is 0 Å². The van der Waals surface area contributed by atoms with Crippen LogP contribution in [-0.4, -0.2) is 55.4 Å². The quantitative estimate of drug-likeness (QED) is 0.800. The summed E-state index contributed by atoms with van der Waals surface area (Å²) < 4.78 is 21.3. The number of aliphatic hydroxyl groups excluding tert-OH is 1. The molecule has 0 amide bonds. The summed E-state index contributed by atoms with van der Waals surface area (Å²) in [5.41, 5.74) is 0.660. The van der Waals surface area contributed by atoms with Gasteiger partial charge in [-0.1, -0.05) is 36.4 Å². The van der Waals surface area contributed by atoms with Crippen LogP contribution in [0, 0.1) is 0 Å². The lowest BCUT2D eigenvalue weighted by molar-refractivity contribution is -0.260. The smallest absolute Gasteiger partial charge is 0.338 e. The van der Waals surface area contributed by atoms with Crippen LogP contribution in [0.4, 0.5) is 0 Å². The molecule has 1 N–H and O–H groups in total. The van der Waals surface area contributed by atoms with Crippen molar-refractivity contribution in [3.8, 4) is 0 Å². The highest BCUT2D eigenvalue weighted by Gasteiger charge is 2.44. The number of esters is 2. The lowest BCUT2D eigenvalue weighted by atomic mass is 10.0. The summed E-state index contributed by atoms with van der Waals surface area (Å²) in [5.74, 6) is -1.25. The molecule has 0 bridgehead atoms. The lowest BCUT2D eigenvalue weighted by Crippen LogP contribution is -2.56. The predicted octanol–water partition coefficient (Wildman–Crippen LogP) is 1.80. The van der Waals surface area contributed by atoms with Gasteiger partial charge < -0.3 is 24.1 Å². The summed E-state index contributed by atoms with van der Waals surface area (Å²) in [6, 6.07) is 16.7. The Hall–Kier alpha value is -2.74. The maximum Gasteiger partial charge on any atom is 0.338 e. The molecule has 3 rings (SSSR count). The molecule has 0 radical (unpaired) electrons. The lowest BCUT2D eigenvalue weighted by Gasteiger charge is -2.38. The van der Waals surface area contributed by atoms with Crippen LogP contribution in [-0.2, 0) is 18.9 Å². The largest absolute Gasteiger partial charge is 0.452 e. The molecule has 142 valence electrons. The number of methoxy groups -OCH3 is 1. The number of hydrogen-bond acceptors (Lipinski definition) is 7. The van der Waals surface area contributed by atoms with E-state index in [0.29, 0.717) is 11.1 Å². The van der Waals surface area contributed by atoms with Crippen molar-refractivity contribution in [2.75, 3.05) is 13.7 Å². The fraction of sp³-hybridized carbons (Fsp3) is 0.300. The first-order valence-electron chi connectivity index (χ1n) is 8.44. The van der Waals surface area contributed by atoms with E-state index in [1.807, 2.05) is 0 Å². The molecule has 0 aromatic heterocycles. The third-order valence-electron chi connectivity index (χ3n) is 4.16. The van der Waals surface area contributed by atoms with Crippen molar-refractivity contribution in [3.05, 3.63) is 71.8 Å². The van der Waals surface area contributed by atoms with Crippen LogP contribution in [0.3, 0.4) is 0 Å². The van der Waals surface area contributed by atoms with E-state index in [1.54, 1.807) is 60.7 Å². The SMILES string of the molecule is CO[C@@H]1OC[C@@H](OC(=O)c2ccccc2)[C@H](OC(=O)c2ccccc2)[C@H]1O. The number of aliphatic hydroxyl groups is 1. The standard InChI is InChI=1S/C20H20O7/c1-24-20-16(21)17(27-19(23)14-10-6-3-7-11-14)15(12-25-20)26-18(22)13-8-4-2-5-9-13/h2-11,15-17,20-21H,12H2,1H3/t15-,16-,17+,20-/m1/s1. The van der Waals surface area contributed by atoms with Crippen LogP contribution in [0.1, 0.15) is 20.7 Å². The molecule has 1 heterocycles. The van der Waals surface area contributed by atoms with Gasteiger partial charge in [0.25, 0.3) is 0 Å². The molecule has 1 aliphatic heterocycles. The summed E-state index contributed by atoms with van der Waals surface area (Å²) in [6.45, 7) is -0.0825. The highest BCUT2D eigenvalue weighted by Crippen LogP contribution is 2.23. The summed E-state index contributed by atoms with van der Waals surface area (Å²) in [5, 5.41) is 10.5. The molecule has 2 aromatic carbocycles. The van der Waals surface area contributed by atoms with Crippen molar-refractivity contribution in [2.24, 2.45) is 0 Å². The van der Waals surface area contributed by atoms with E-state index >= 15 is 0 Å². The summed E-state index contributed by atoms with van der Waals surface area (Å²) in [6.07, 6.45) is -4.42. The Morgan fingerprint density at radius 1 is 0.926 bits per heavy atom.